The first-order valence-electron chi connectivity index (χ1n) is 7.89. The van der Waals surface area contributed by atoms with E-state index in [2.05, 4.69) is 28.9 Å². The molecule has 0 unspecified atom stereocenters. The molecule has 1 aliphatic heterocycles. The molecule has 0 amide bonds. The van der Waals surface area contributed by atoms with Crippen LogP contribution in [0.25, 0.3) is 11.5 Å². The van der Waals surface area contributed by atoms with Crippen molar-refractivity contribution in [2.75, 3.05) is 20.2 Å². The van der Waals surface area contributed by atoms with Crippen LogP contribution < -0.4 is 4.74 Å². The molecular formula is C17H23N3O2. The Balaban J connectivity index is 1.74. The highest BCUT2D eigenvalue weighted by Gasteiger charge is 2.25. The van der Waals surface area contributed by atoms with Crippen LogP contribution in [0, 0.1) is 5.92 Å². The number of likely N-dealkylation sites (tertiary alicyclic amines) is 1. The molecule has 0 spiro atoms. The third kappa shape index (κ3) is 3.14. The largest absolute Gasteiger partial charge is 0.497 e. The topological polar surface area (TPSA) is 51.4 Å². The number of hydrogen-bond acceptors (Lipinski definition) is 5. The number of benzene rings is 1. The van der Waals surface area contributed by atoms with Crippen LogP contribution in [0.1, 0.15) is 38.6 Å². The summed E-state index contributed by atoms with van der Waals surface area (Å²) >= 11 is 0. The Morgan fingerprint density at radius 3 is 2.73 bits per heavy atom. The summed E-state index contributed by atoms with van der Waals surface area (Å²) in [5.74, 6) is 2.81. The van der Waals surface area contributed by atoms with Crippen molar-refractivity contribution in [2.45, 2.75) is 32.7 Å². The molecule has 0 saturated carbocycles. The van der Waals surface area contributed by atoms with Crippen LogP contribution in [0.5, 0.6) is 5.75 Å². The molecule has 1 saturated heterocycles. The molecule has 2 atom stereocenters. The van der Waals surface area contributed by atoms with Crippen molar-refractivity contribution in [3.63, 3.8) is 0 Å². The molecule has 0 radical (unpaired) electrons. The van der Waals surface area contributed by atoms with Gasteiger partial charge in [0.05, 0.1) is 13.2 Å². The van der Waals surface area contributed by atoms with E-state index < -0.39 is 0 Å². The summed E-state index contributed by atoms with van der Waals surface area (Å²) in [6, 6.07) is 7.83. The number of rotatable bonds is 4. The van der Waals surface area contributed by atoms with E-state index in [1.807, 2.05) is 24.3 Å². The van der Waals surface area contributed by atoms with Gasteiger partial charge in [-0.2, -0.15) is 0 Å². The van der Waals surface area contributed by atoms with Gasteiger partial charge < -0.3 is 9.15 Å². The number of piperidine rings is 1. The zero-order chi connectivity index (χ0) is 15.5. The summed E-state index contributed by atoms with van der Waals surface area (Å²) in [5, 5.41) is 8.44. The van der Waals surface area contributed by atoms with Crippen LogP contribution in [-0.2, 0) is 0 Å². The molecule has 5 nitrogen and oxygen atoms in total. The van der Waals surface area contributed by atoms with Gasteiger partial charge in [0.2, 0.25) is 11.8 Å². The normalized spacial score (nSPS) is 20.8. The highest BCUT2D eigenvalue weighted by molar-refractivity contribution is 5.53. The van der Waals surface area contributed by atoms with Crippen molar-refractivity contribution in [2.24, 2.45) is 5.92 Å². The molecule has 2 heterocycles. The maximum absolute atomic E-state index is 5.89. The quantitative estimate of drug-likeness (QED) is 0.864. The Kier molecular flexibility index (Phi) is 4.43. The maximum atomic E-state index is 5.89. The summed E-state index contributed by atoms with van der Waals surface area (Å²) in [7, 11) is 1.65. The summed E-state index contributed by atoms with van der Waals surface area (Å²) in [4.78, 5) is 2.43. The van der Waals surface area contributed by atoms with Crippen LogP contribution >= 0.6 is 0 Å². The molecule has 0 aliphatic carbocycles. The standard InChI is InChI=1S/C17H23N3O2/c1-12-5-4-10-20(11-12)13(2)16-18-19-17(22-16)14-6-8-15(21-3)9-7-14/h6-9,12-13H,4-5,10-11H2,1-3H3/t12-,13-/m1/s1. The van der Waals surface area contributed by atoms with Gasteiger partial charge in [0.25, 0.3) is 0 Å². The molecule has 1 aromatic heterocycles. The van der Waals surface area contributed by atoms with E-state index in [-0.39, 0.29) is 6.04 Å². The van der Waals surface area contributed by atoms with Crippen molar-refractivity contribution < 1.29 is 9.15 Å². The van der Waals surface area contributed by atoms with Crippen molar-refractivity contribution in [1.82, 2.24) is 15.1 Å². The molecule has 1 aromatic carbocycles. The Labute approximate surface area is 131 Å². The predicted molar refractivity (Wildman–Crippen MR) is 84.7 cm³/mol. The van der Waals surface area contributed by atoms with E-state index in [0.717, 1.165) is 30.3 Å². The first-order valence-corrected chi connectivity index (χ1v) is 7.89. The molecule has 1 aliphatic rings. The molecule has 1 fully saturated rings. The number of hydrogen-bond donors (Lipinski definition) is 0. The van der Waals surface area contributed by atoms with Crippen LogP contribution in [0.2, 0.25) is 0 Å². The van der Waals surface area contributed by atoms with Gasteiger partial charge in [-0.3, -0.25) is 4.90 Å². The average Bonchev–Trinajstić information content (AvgIpc) is 3.04. The van der Waals surface area contributed by atoms with E-state index in [0.29, 0.717) is 11.8 Å². The van der Waals surface area contributed by atoms with Gasteiger partial charge in [0.15, 0.2) is 0 Å². The van der Waals surface area contributed by atoms with Gasteiger partial charge >= 0.3 is 0 Å². The van der Waals surface area contributed by atoms with E-state index in [4.69, 9.17) is 9.15 Å². The lowest BCUT2D eigenvalue weighted by molar-refractivity contribution is 0.122. The zero-order valence-electron chi connectivity index (χ0n) is 13.5. The third-order valence-corrected chi connectivity index (χ3v) is 4.37. The van der Waals surface area contributed by atoms with E-state index in [1.54, 1.807) is 7.11 Å². The maximum Gasteiger partial charge on any atom is 0.247 e. The molecule has 5 heteroatoms. The Bertz CT molecular complexity index is 609. The van der Waals surface area contributed by atoms with E-state index in [1.165, 1.54) is 12.8 Å². The lowest BCUT2D eigenvalue weighted by Crippen LogP contribution is -2.36. The van der Waals surface area contributed by atoms with Gasteiger partial charge in [0.1, 0.15) is 5.75 Å². The fourth-order valence-corrected chi connectivity index (χ4v) is 2.99. The lowest BCUT2D eigenvalue weighted by Gasteiger charge is -2.33. The fraction of sp³-hybridized carbons (Fsp3) is 0.529. The highest BCUT2D eigenvalue weighted by Crippen LogP contribution is 2.28. The molecule has 2 aromatic rings. The molecule has 0 N–H and O–H groups in total. The minimum Gasteiger partial charge on any atom is -0.497 e. The first kappa shape index (κ1) is 15.0. The summed E-state index contributed by atoms with van der Waals surface area (Å²) in [6.45, 7) is 6.64. The first-order chi connectivity index (χ1) is 10.7. The molecule has 0 bridgehead atoms. The summed E-state index contributed by atoms with van der Waals surface area (Å²) in [5.41, 5.74) is 0.916. The third-order valence-electron chi connectivity index (χ3n) is 4.37. The van der Waals surface area contributed by atoms with E-state index in [9.17, 15) is 0 Å². The van der Waals surface area contributed by atoms with Gasteiger partial charge in [0, 0.05) is 12.1 Å². The van der Waals surface area contributed by atoms with Crippen LogP contribution in [0.15, 0.2) is 28.7 Å². The van der Waals surface area contributed by atoms with Crippen molar-refractivity contribution in [1.29, 1.82) is 0 Å². The molecule has 118 valence electrons. The van der Waals surface area contributed by atoms with Gasteiger partial charge in [-0.1, -0.05) is 6.92 Å². The zero-order valence-corrected chi connectivity index (χ0v) is 13.5. The second-order valence-electron chi connectivity index (χ2n) is 6.09. The molecular weight excluding hydrogens is 278 g/mol. The molecule has 3 rings (SSSR count). The number of nitrogens with zero attached hydrogens (tertiary/aromatic N) is 3. The fourth-order valence-electron chi connectivity index (χ4n) is 2.99. The van der Waals surface area contributed by atoms with Crippen LogP contribution in [0.4, 0.5) is 0 Å². The average molecular weight is 301 g/mol. The SMILES string of the molecule is COc1ccc(-c2nnc([C@@H](C)N3CCC[C@@H](C)C3)o2)cc1. The van der Waals surface area contributed by atoms with Crippen molar-refractivity contribution in [3.8, 4) is 17.2 Å². The van der Waals surface area contributed by atoms with Crippen LogP contribution in [-0.4, -0.2) is 35.3 Å². The summed E-state index contributed by atoms with van der Waals surface area (Å²) in [6.07, 6.45) is 2.55. The van der Waals surface area contributed by atoms with Crippen LogP contribution in [0.3, 0.4) is 0 Å². The van der Waals surface area contributed by atoms with Crippen molar-refractivity contribution in [3.05, 3.63) is 30.2 Å². The van der Waals surface area contributed by atoms with Crippen molar-refractivity contribution >= 4 is 0 Å². The molecule has 22 heavy (non-hydrogen) atoms. The predicted octanol–water partition coefficient (Wildman–Crippen LogP) is 3.54. The Morgan fingerprint density at radius 2 is 2.05 bits per heavy atom. The minimum atomic E-state index is 0.169. The highest BCUT2D eigenvalue weighted by atomic mass is 16.5. The Morgan fingerprint density at radius 1 is 1.27 bits per heavy atom. The van der Waals surface area contributed by atoms with Gasteiger partial charge in [-0.25, -0.2) is 0 Å². The number of methoxy groups -OCH3 is 1. The smallest absolute Gasteiger partial charge is 0.247 e. The second kappa shape index (κ2) is 6.48. The van der Waals surface area contributed by atoms with Gasteiger partial charge in [-0.15, -0.1) is 10.2 Å². The van der Waals surface area contributed by atoms with E-state index >= 15 is 0 Å². The number of aromatic nitrogens is 2. The second-order valence-corrected chi connectivity index (χ2v) is 6.09. The van der Waals surface area contributed by atoms with Gasteiger partial charge in [-0.05, 0) is 56.5 Å². The number of ether oxygens (including phenoxy) is 1. The Hall–Kier alpha value is -1.88. The minimum absolute atomic E-state index is 0.169. The lowest BCUT2D eigenvalue weighted by atomic mass is 9.99. The summed E-state index contributed by atoms with van der Waals surface area (Å²) < 4.78 is 11.1. The monoisotopic (exact) mass is 301 g/mol.